The molecule has 0 aliphatic heterocycles. The van der Waals surface area contributed by atoms with Crippen molar-refractivity contribution in [1.29, 1.82) is 0 Å². The zero-order chi connectivity index (χ0) is 13.8. The van der Waals surface area contributed by atoms with Crippen molar-refractivity contribution >= 4 is 27.3 Å². The van der Waals surface area contributed by atoms with Gasteiger partial charge in [0.25, 0.3) is 0 Å². The first-order valence-electron chi connectivity index (χ1n) is 6.19. The van der Waals surface area contributed by atoms with Crippen molar-refractivity contribution in [2.24, 2.45) is 0 Å². The second-order valence-electron chi connectivity index (χ2n) is 4.34. The third kappa shape index (κ3) is 3.84. The Labute approximate surface area is 125 Å². The van der Waals surface area contributed by atoms with Gasteiger partial charge < -0.3 is 5.32 Å². The number of likely N-dealkylation sites (N-methyl/N-ethyl adjacent to an activating group) is 1. The summed E-state index contributed by atoms with van der Waals surface area (Å²) in [6.07, 6.45) is 0.599. The van der Waals surface area contributed by atoms with E-state index in [1.807, 2.05) is 25.3 Å². The Morgan fingerprint density at radius 1 is 1.47 bits per heavy atom. The number of aromatic nitrogens is 1. The highest BCUT2D eigenvalue weighted by molar-refractivity contribution is 9.10. The number of rotatable bonds is 5. The van der Waals surface area contributed by atoms with Crippen LogP contribution in [0.3, 0.4) is 0 Å². The van der Waals surface area contributed by atoms with E-state index in [2.05, 4.69) is 26.2 Å². The van der Waals surface area contributed by atoms with Crippen LogP contribution in [0.5, 0.6) is 0 Å². The summed E-state index contributed by atoms with van der Waals surface area (Å²) in [4.78, 5) is 4.50. The van der Waals surface area contributed by atoms with E-state index in [0.29, 0.717) is 12.0 Å². The molecule has 2 rings (SSSR count). The van der Waals surface area contributed by atoms with Gasteiger partial charge in [0.05, 0.1) is 16.7 Å². The molecule has 0 saturated heterocycles. The van der Waals surface area contributed by atoms with Crippen molar-refractivity contribution in [1.82, 2.24) is 10.3 Å². The fourth-order valence-corrected chi connectivity index (χ4v) is 3.06. The monoisotopic (exact) mass is 342 g/mol. The lowest BCUT2D eigenvalue weighted by Gasteiger charge is -2.16. The van der Waals surface area contributed by atoms with Crippen LogP contribution in [-0.4, -0.2) is 11.5 Å². The highest BCUT2D eigenvalue weighted by Gasteiger charge is 2.16. The molecule has 0 fully saturated rings. The van der Waals surface area contributed by atoms with Crippen molar-refractivity contribution in [2.45, 2.75) is 26.3 Å². The number of benzene rings is 1. The largest absolute Gasteiger partial charge is 0.309 e. The maximum absolute atomic E-state index is 13.8. The smallest absolute Gasteiger partial charge is 0.126 e. The molecule has 0 spiro atoms. The lowest BCUT2D eigenvalue weighted by atomic mass is 10.0. The highest BCUT2D eigenvalue weighted by Crippen LogP contribution is 2.24. The molecule has 0 saturated carbocycles. The van der Waals surface area contributed by atoms with Crippen LogP contribution in [-0.2, 0) is 6.42 Å². The van der Waals surface area contributed by atoms with E-state index in [-0.39, 0.29) is 11.9 Å². The molecule has 102 valence electrons. The van der Waals surface area contributed by atoms with Crippen LogP contribution in [0.4, 0.5) is 4.39 Å². The Morgan fingerprint density at radius 3 is 2.89 bits per heavy atom. The van der Waals surface area contributed by atoms with Gasteiger partial charge in [-0.1, -0.05) is 22.9 Å². The van der Waals surface area contributed by atoms with E-state index in [4.69, 9.17) is 0 Å². The molecule has 1 unspecified atom stereocenters. The fourth-order valence-electron chi connectivity index (χ4n) is 1.99. The van der Waals surface area contributed by atoms with E-state index in [1.165, 1.54) is 6.07 Å². The molecule has 0 amide bonds. The molecular formula is C14H16BrFN2S. The van der Waals surface area contributed by atoms with Gasteiger partial charge in [-0.05, 0) is 43.7 Å². The van der Waals surface area contributed by atoms with E-state index in [0.717, 1.165) is 21.7 Å². The molecule has 0 radical (unpaired) electrons. The predicted octanol–water partition coefficient (Wildman–Crippen LogP) is 4.25. The summed E-state index contributed by atoms with van der Waals surface area (Å²) in [6.45, 7) is 4.86. The molecule has 1 aromatic heterocycles. The molecule has 0 bridgehead atoms. The Morgan fingerprint density at radius 2 is 2.26 bits per heavy atom. The first kappa shape index (κ1) is 14.6. The topological polar surface area (TPSA) is 24.9 Å². The minimum Gasteiger partial charge on any atom is -0.309 e. The van der Waals surface area contributed by atoms with E-state index < -0.39 is 0 Å². The highest BCUT2D eigenvalue weighted by atomic mass is 79.9. The zero-order valence-electron chi connectivity index (χ0n) is 10.9. The van der Waals surface area contributed by atoms with Crippen molar-refractivity contribution < 1.29 is 4.39 Å². The molecule has 0 aliphatic carbocycles. The van der Waals surface area contributed by atoms with Crippen LogP contribution < -0.4 is 5.32 Å². The molecule has 1 N–H and O–H groups in total. The Bertz CT molecular complexity index is 556. The summed E-state index contributed by atoms with van der Waals surface area (Å²) < 4.78 is 14.7. The minimum absolute atomic E-state index is 0.0544. The molecule has 5 heteroatoms. The minimum atomic E-state index is -0.168. The predicted molar refractivity (Wildman–Crippen MR) is 81.1 cm³/mol. The lowest BCUT2D eigenvalue weighted by Crippen LogP contribution is -2.23. The number of halogens is 2. The van der Waals surface area contributed by atoms with Crippen LogP contribution in [0.15, 0.2) is 28.1 Å². The Hall–Kier alpha value is -0.780. The second kappa shape index (κ2) is 6.59. The summed E-state index contributed by atoms with van der Waals surface area (Å²) in [5.74, 6) is -0.168. The van der Waals surface area contributed by atoms with Gasteiger partial charge in [0.1, 0.15) is 5.82 Å². The molecule has 19 heavy (non-hydrogen) atoms. The van der Waals surface area contributed by atoms with Gasteiger partial charge >= 0.3 is 0 Å². The van der Waals surface area contributed by atoms with E-state index >= 15 is 0 Å². The van der Waals surface area contributed by atoms with E-state index in [9.17, 15) is 4.39 Å². The van der Waals surface area contributed by atoms with Crippen molar-refractivity contribution in [3.63, 3.8) is 0 Å². The third-order valence-corrected chi connectivity index (χ3v) is 4.16. The maximum atomic E-state index is 13.8. The van der Waals surface area contributed by atoms with Crippen LogP contribution >= 0.6 is 27.3 Å². The fraction of sp³-hybridized carbons (Fsp3) is 0.357. The standard InChI is InChI=1S/C14H16BrFN2S/c1-3-17-13(14-8-19-9(2)18-14)7-10-6-11(15)4-5-12(10)16/h4-6,8,13,17H,3,7H2,1-2H3. The van der Waals surface area contributed by atoms with Gasteiger partial charge in [-0.25, -0.2) is 9.37 Å². The summed E-state index contributed by atoms with van der Waals surface area (Å²) in [5.41, 5.74) is 1.69. The summed E-state index contributed by atoms with van der Waals surface area (Å²) in [7, 11) is 0. The first-order chi connectivity index (χ1) is 9.10. The number of nitrogens with one attached hydrogen (secondary N) is 1. The molecule has 1 aromatic carbocycles. The molecule has 2 nitrogen and oxygen atoms in total. The first-order valence-corrected chi connectivity index (χ1v) is 7.86. The van der Waals surface area contributed by atoms with E-state index in [1.54, 1.807) is 17.4 Å². The molecule has 1 heterocycles. The average Bonchev–Trinajstić information content (AvgIpc) is 2.80. The number of aryl methyl sites for hydroxylation is 1. The van der Waals surface area contributed by atoms with Crippen molar-refractivity contribution in [2.75, 3.05) is 6.54 Å². The maximum Gasteiger partial charge on any atom is 0.126 e. The summed E-state index contributed by atoms with van der Waals surface area (Å²) in [6, 6.07) is 5.10. The van der Waals surface area contributed by atoms with Crippen molar-refractivity contribution in [3.05, 3.63) is 50.1 Å². The lowest BCUT2D eigenvalue weighted by molar-refractivity contribution is 0.519. The molecule has 0 aliphatic rings. The number of hydrogen-bond donors (Lipinski definition) is 1. The summed E-state index contributed by atoms with van der Waals surface area (Å²) >= 11 is 5.01. The second-order valence-corrected chi connectivity index (χ2v) is 6.32. The van der Waals surface area contributed by atoms with Crippen molar-refractivity contribution in [3.8, 4) is 0 Å². The van der Waals surface area contributed by atoms with Crippen LogP contribution in [0.1, 0.15) is 29.2 Å². The molecule has 1 atom stereocenters. The van der Waals surface area contributed by atoms with Gasteiger partial charge in [-0.15, -0.1) is 11.3 Å². The van der Waals surface area contributed by atoms with Crippen LogP contribution in [0, 0.1) is 12.7 Å². The third-order valence-electron chi connectivity index (χ3n) is 2.88. The van der Waals surface area contributed by atoms with Crippen LogP contribution in [0.25, 0.3) is 0 Å². The number of hydrogen-bond acceptors (Lipinski definition) is 3. The zero-order valence-corrected chi connectivity index (χ0v) is 13.3. The van der Waals surface area contributed by atoms with Gasteiger partial charge in [-0.2, -0.15) is 0 Å². The average molecular weight is 343 g/mol. The number of nitrogens with zero attached hydrogens (tertiary/aromatic N) is 1. The van der Waals surface area contributed by atoms with Gasteiger partial charge in [-0.3, -0.25) is 0 Å². The van der Waals surface area contributed by atoms with Crippen LogP contribution in [0.2, 0.25) is 0 Å². The van der Waals surface area contributed by atoms with Gasteiger partial charge in [0.15, 0.2) is 0 Å². The quantitative estimate of drug-likeness (QED) is 0.878. The molecule has 2 aromatic rings. The Balaban J connectivity index is 2.23. The summed E-state index contributed by atoms with van der Waals surface area (Å²) in [5, 5.41) is 6.44. The van der Waals surface area contributed by atoms with Gasteiger partial charge in [0, 0.05) is 9.85 Å². The Kier molecular flexibility index (Phi) is 5.07. The molecular weight excluding hydrogens is 327 g/mol. The SMILES string of the molecule is CCNC(Cc1cc(Br)ccc1F)c1csc(C)n1. The normalized spacial score (nSPS) is 12.6. The van der Waals surface area contributed by atoms with Gasteiger partial charge in [0.2, 0.25) is 0 Å². The number of thiazole rings is 1.